The summed E-state index contributed by atoms with van der Waals surface area (Å²) >= 11 is 0. The lowest BCUT2D eigenvalue weighted by Gasteiger charge is -2.22. The fraction of sp³-hybridized carbons (Fsp3) is 0.357. The Labute approximate surface area is 202 Å². The Bertz CT molecular complexity index is 982. The van der Waals surface area contributed by atoms with Crippen molar-refractivity contribution >= 4 is 5.91 Å². The fourth-order valence-corrected chi connectivity index (χ4v) is 3.85. The monoisotopic (exact) mass is 461 g/mol. The summed E-state index contributed by atoms with van der Waals surface area (Å²) < 4.78 is 11.2. The van der Waals surface area contributed by atoms with Crippen LogP contribution in [0.25, 0.3) is 0 Å². The maximum absolute atomic E-state index is 12.9. The first kappa shape index (κ1) is 25.2. The molecule has 0 saturated heterocycles. The number of hydrogen-bond donors (Lipinski definition) is 1. The summed E-state index contributed by atoms with van der Waals surface area (Å²) in [5.41, 5.74) is 1.74. The van der Waals surface area contributed by atoms with E-state index in [0.717, 1.165) is 55.2 Å². The van der Waals surface area contributed by atoms with Crippen LogP contribution in [0, 0.1) is 0 Å². The molecule has 0 aliphatic heterocycles. The summed E-state index contributed by atoms with van der Waals surface area (Å²) in [6.07, 6.45) is 4.04. The van der Waals surface area contributed by atoms with Gasteiger partial charge in [0.05, 0.1) is 18.8 Å². The number of carbonyl (C=O) groups is 1. The van der Waals surface area contributed by atoms with Crippen LogP contribution in [0.5, 0.6) is 11.5 Å². The van der Waals surface area contributed by atoms with Gasteiger partial charge in [-0.25, -0.2) is 0 Å². The Morgan fingerprint density at radius 2 is 1.76 bits per heavy atom. The van der Waals surface area contributed by atoms with Crippen molar-refractivity contribution in [3.63, 3.8) is 0 Å². The van der Waals surface area contributed by atoms with Gasteiger partial charge in [-0.05, 0) is 67.9 Å². The van der Waals surface area contributed by atoms with Crippen LogP contribution in [-0.2, 0) is 4.79 Å². The van der Waals surface area contributed by atoms with E-state index in [0.29, 0.717) is 13.0 Å². The van der Waals surface area contributed by atoms with E-state index < -0.39 is 0 Å². The minimum atomic E-state index is -0.324. The van der Waals surface area contributed by atoms with Gasteiger partial charge in [0.15, 0.2) is 0 Å². The van der Waals surface area contributed by atoms with Crippen LogP contribution in [0.4, 0.5) is 0 Å². The number of rotatable bonds is 14. The molecule has 3 aromatic rings. The standard InChI is InChI=1S/C28H35N3O3/c1-3-18-31(20-21-34-24-12-5-4-6-13-24)19-10-16-27(32)30-28(26-15-7-8-17-29-26)23-11-9-14-25(22-23)33-2/h4-9,11-15,17,22,28H,3,10,16,18-21H2,1-2H3,(H,30,32). The average molecular weight is 462 g/mol. The maximum Gasteiger partial charge on any atom is 0.220 e. The molecule has 180 valence electrons. The Balaban J connectivity index is 1.52. The average Bonchev–Trinajstić information content (AvgIpc) is 2.88. The Hall–Kier alpha value is -3.38. The molecule has 0 spiro atoms. The minimum absolute atomic E-state index is 0.00968. The Morgan fingerprint density at radius 3 is 2.50 bits per heavy atom. The van der Waals surface area contributed by atoms with Crippen LogP contribution in [0.2, 0.25) is 0 Å². The van der Waals surface area contributed by atoms with Gasteiger partial charge in [0.1, 0.15) is 18.1 Å². The molecule has 1 aromatic heterocycles. The summed E-state index contributed by atoms with van der Waals surface area (Å²) in [4.78, 5) is 19.7. The van der Waals surface area contributed by atoms with Crippen LogP contribution in [-0.4, -0.2) is 49.1 Å². The second-order valence-electron chi connectivity index (χ2n) is 8.14. The third kappa shape index (κ3) is 8.19. The highest BCUT2D eigenvalue weighted by Gasteiger charge is 2.19. The van der Waals surface area contributed by atoms with Gasteiger partial charge in [0, 0.05) is 19.2 Å². The van der Waals surface area contributed by atoms with Crippen molar-refractivity contribution in [1.29, 1.82) is 0 Å². The quantitative estimate of drug-likeness (QED) is 0.371. The Morgan fingerprint density at radius 1 is 0.971 bits per heavy atom. The zero-order valence-electron chi connectivity index (χ0n) is 20.2. The predicted octanol–water partition coefficient (Wildman–Crippen LogP) is 4.87. The van der Waals surface area contributed by atoms with Crippen LogP contribution >= 0.6 is 0 Å². The van der Waals surface area contributed by atoms with Crippen molar-refractivity contribution in [3.05, 3.63) is 90.3 Å². The molecule has 1 N–H and O–H groups in total. The van der Waals surface area contributed by atoms with E-state index in [1.165, 1.54) is 0 Å². The highest BCUT2D eigenvalue weighted by atomic mass is 16.5. The van der Waals surface area contributed by atoms with E-state index in [-0.39, 0.29) is 11.9 Å². The minimum Gasteiger partial charge on any atom is -0.497 e. The lowest BCUT2D eigenvalue weighted by Crippen LogP contribution is -2.33. The van der Waals surface area contributed by atoms with E-state index in [4.69, 9.17) is 9.47 Å². The topological polar surface area (TPSA) is 63.7 Å². The lowest BCUT2D eigenvalue weighted by atomic mass is 10.0. The largest absolute Gasteiger partial charge is 0.497 e. The number of methoxy groups -OCH3 is 1. The van der Waals surface area contributed by atoms with Gasteiger partial charge in [-0.1, -0.05) is 43.3 Å². The fourth-order valence-electron chi connectivity index (χ4n) is 3.85. The number of pyridine rings is 1. The molecule has 1 heterocycles. The molecule has 6 heteroatoms. The van der Waals surface area contributed by atoms with Gasteiger partial charge >= 0.3 is 0 Å². The molecular weight excluding hydrogens is 426 g/mol. The van der Waals surface area contributed by atoms with E-state index in [1.807, 2.05) is 72.8 Å². The van der Waals surface area contributed by atoms with E-state index in [2.05, 4.69) is 22.1 Å². The normalized spacial score (nSPS) is 11.7. The highest BCUT2D eigenvalue weighted by molar-refractivity contribution is 5.76. The predicted molar refractivity (Wildman–Crippen MR) is 135 cm³/mol. The van der Waals surface area contributed by atoms with Crippen LogP contribution in [0.3, 0.4) is 0 Å². The maximum atomic E-state index is 12.9. The number of aromatic nitrogens is 1. The van der Waals surface area contributed by atoms with Gasteiger partial charge in [-0.3, -0.25) is 14.7 Å². The molecule has 0 aliphatic rings. The molecule has 1 atom stereocenters. The third-order valence-corrected chi connectivity index (χ3v) is 5.55. The molecule has 0 radical (unpaired) electrons. The molecule has 1 amide bonds. The second-order valence-corrected chi connectivity index (χ2v) is 8.14. The van der Waals surface area contributed by atoms with Crippen LogP contribution in [0.1, 0.15) is 43.5 Å². The number of nitrogens with zero attached hydrogens (tertiary/aromatic N) is 2. The number of ether oxygens (including phenoxy) is 2. The van der Waals surface area contributed by atoms with Crippen molar-refractivity contribution in [3.8, 4) is 11.5 Å². The van der Waals surface area contributed by atoms with Gasteiger partial charge in [-0.2, -0.15) is 0 Å². The van der Waals surface area contributed by atoms with Crippen molar-refractivity contribution in [2.75, 3.05) is 33.4 Å². The first-order valence-electron chi connectivity index (χ1n) is 11.9. The van der Waals surface area contributed by atoms with Gasteiger partial charge in [0.25, 0.3) is 0 Å². The molecule has 34 heavy (non-hydrogen) atoms. The van der Waals surface area contributed by atoms with Crippen LogP contribution in [0.15, 0.2) is 79.0 Å². The molecule has 0 saturated carbocycles. The molecule has 6 nitrogen and oxygen atoms in total. The van der Waals surface area contributed by atoms with Gasteiger partial charge in [0.2, 0.25) is 5.91 Å². The summed E-state index contributed by atoms with van der Waals surface area (Å²) in [5.74, 6) is 1.65. The second kappa shape index (κ2) is 14.0. The molecule has 0 bridgehead atoms. The third-order valence-electron chi connectivity index (χ3n) is 5.55. The molecule has 3 rings (SSSR count). The Kier molecular flexibility index (Phi) is 10.4. The number of para-hydroxylation sites is 1. The molecule has 0 aliphatic carbocycles. The van der Waals surface area contributed by atoms with Crippen molar-refractivity contribution in [2.45, 2.75) is 32.2 Å². The van der Waals surface area contributed by atoms with E-state index in [1.54, 1.807) is 13.3 Å². The molecule has 0 fully saturated rings. The zero-order chi connectivity index (χ0) is 24.0. The summed E-state index contributed by atoms with van der Waals surface area (Å²) in [6.45, 7) is 5.48. The zero-order valence-corrected chi connectivity index (χ0v) is 20.2. The number of carbonyl (C=O) groups excluding carboxylic acids is 1. The number of amides is 1. The molecule has 1 unspecified atom stereocenters. The number of nitrogens with one attached hydrogen (secondary N) is 1. The van der Waals surface area contributed by atoms with Crippen LogP contribution < -0.4 is 14.8 Å². The first-order chi connectivity index (χ1) is 16.7. The first-order valence-corrected chi connectivity index (χ1v) is 11.9. The van der Waals surface area contributed by atoms with Crippen molar-refractivity contribution < 1.29 is 14.3 Å². The molecule has 2 aromatic carbocycles. The number of benzene rings is 2. The summed E-state index contributed by atoms with van der Waals surface area (Å²) in [7, 11) is 1.64. The SMILES string of the molecule is CCCN(CCCC(=O)NC(c1cccc(OC)c1)c1ccccn1)CCOc1ccccc1. The van der Waals surface area contributed by atoms with Crippen molar-refractivity contribution in [1.82, 2.24) is 15.2 Å². The smallest absolute Gasteiger partial charge is 0.220 e. The van der Waals surface area contributed by atoms with E-state index >= 15 is 0 Å². The van der Waals surface area contributed by atoms with Crippen molar-refractivity contribution in [2.24, 2.45) is 0 Å². The molecular formula is C28H35N3O3. The lowest BCUT2D eigenvalue weighted by molar-refractivity contribution is -0.121. The summed E-state index contributed by atoms with van der Waals surface area (Å²) in [5, 5.41) is 3.17. The summed E-state index contributed by atoms with van der Waals surface area (Å²) in [6, 6.07) is 23.0. The van der Waals surface area contributed by atoms with Gasteiger partial charge in [-0.15, -0.1) is 0 Å². The van der Waals surface area contributed by atoms with Gasteiger partial charge < -0.3 is 14.8 Å². The van der Waals surface area contributed by atoms with E-state index in [9.17, 15) is 4.79 Å². The highest BCUT2D eigenvalue weighted by Crippen LogP contribution is 2.24. The number of hydrogen-bond acceptors (Lipinski definition) is 5.